The number of anilines is 1. The van der Waals surface area contributed by atoms with E-state index in [1.807, 2.05) is 6.07 Å². The van der Waals surface area contributed by atoms with E-state index in [1.54, 1.807) is 12.1 Å². The minimum atomic E-state index is -3.68. The number of carbonyl (C=O) groups is 1. The van der Waals surface area contributed by atoms with Crippen molar-refractivity contribution in [2.45, 2.75) is 30.6 Å². The van der Waals surface area contributed by atoms with Crippen LogP contribution in [0.2, 0.25) is 0 Å². The SMILES string of the molecule is O=C(O)c1ccc(NS(=O)(=O)c2ccc3c(c2)CCCC3)cc1. The molecule has 120 valence electrons. The normalized spacial score (nSPS) is 14.1. The van der Waals surface area contributed by atoms with Crippen LogP contribution >= 0.6 is 0 Å². The van der Waals surface area contributed by atoms with Gasteiger partial charge in [-0.3, -0.25) is 4.72 Å². The van der Waals surface area contributed by atoms with Gasteiger partial charge in [-0.05, 0) is 73.2 Å². The summed E-state index contributed by atoms with van der Waals surface area (Å²) in [5.74, 6) is -1.05. The molecular formula is C17H17NO4S. The number of rotatable bonds is 4. The van der Waals surface area contributed by atoms with Gasteiger partial charge >= 0.3 is 5.97 Å². The summed E-state index contributed by atoms with van der Waals surface area (Å²) < 4.78 is 27.4. The van der Waals surface area contributed by atoms with E-state index in [0.29, 0.717) is 5.69 Å². The number of carboxylic acids is 1. The molecule has 0 unspecified atom stereocenters. The average Bonchev–Trinajstić information content (AvgIpc) is 2.54. The molecule has 2 aromatic rings. The van der Waals surface area contributed by atoms with Gasteiger partial charge in [0, 0.05) is 5.69 Å². The highest BCUT2D eigenvalue weighted by Gasteiger charge is 2.18. The molecule has 3 rings (SSSR count). The lowest BCUT2D eigenvalue weighted by atomic mass is 9.92. The van der Waals surface area contributed by atoms with Crippen LogP contribution < -0.4 is 4.72 Å². The van der Waals surface area contributed by atoms with Crippen molar-refractivity contribution in [1.29, 1.82) is 0 Å². The zero-order valence-corrected chi connectivity index (χ0v) is 13.3. The molecule has 0 saturated heterocycles. The van der Waals surface area contributed by atoms with Crippen LogP contribution in [0, 0.1) is 0 Å². The first-order valence-corrected chi connectivity index (χ1v) is 8.92. The van der Waals surface area contributed by atoms with Gasteiger partial charge in [-0.25, -0.2) is 13.2 Å². The summed E-state index contributed by atoms with van der Waals surface area (Å²) in [4.78, 5) is 11.1. The molecule has 0 spiro atoms. The fraction of sp³-hybridized carbons (Fsp3) is 0.235. The first-order valence-electron chi connectivity index (χ1n) is 7.44. The largest absolute Gasteiger partial charge is 0.478 e. The van der Waals surface area contributed by atoms with Crippen LogP contribution in [-0.4, -0.2) is 19.5 Å². The number of fused-ring (bicyclic) bond motifs is 1. The fourth-order valence-corrected chi connectivity index (χ4v) is 3.88. The summed E-state index contributed by atoms with van der Waals surface area (Å²) >= 11 is 0. The Hall–Kier alpha value is -2.34. The first kappa shape index (κ1) is 15.6. The highest BCUT2D eigenvalue weighted by atomic mass is 32.2. The Morgan fingerprint density at radius 3 is 2.26 bits per heavy atom. The molecule has 0 aliphatic heterocycles. The molecule has 2 aromatic carbocycles. The predicted molar refractivity (Wildman–Crippen MR) is 87.3 cm³/mol. The van der Waals surface area contributed by atoms with Crippen LogP contribution in [-0.2, 0) is 22.9 Å². The average molecular weight is 331 g/mol. The Kier molecular flexibility index (Phi) is 4.09. The first-order chi connectivity index (χ1) is 11.0. The highest BCUT2D eigenvalue weighted by molar-refractivity contribution is 7.92. The number of hydrogen-bond donors (Lipinski definition) is 2. The molecule has 0 saturated carbocycles. The van der Waals surface area contributed by atoms with Crippen molar-refractivity contribution in [1.82, 2.24) is 0 Å². The summed E-state index contributed by atoms with van der Waals surface area (Å²) in [7, 11) is -3.68. The van der Waals surface area contributed by atoms with Crippen molar-refractivity contribution in [3.8, 4) is 0 Å². The van der Waals surface area contributed by atoms with Gasteiger partial charge in [-0.1, -0.05) is 6.07 Å². The monoisotopic (exact) mass is 331 g/mol. The number of benzene rings is 2. The minimum Gasteiger partial charge on any atom is -0.478 e. The Balaban J connectivity index is 1.85. The zero-order valence-electron chi connectivity index (χ0n) is 12.5. The Morgan fingerprint density at radius 2 is 1.61 bits per heavy atom. The van der Waals surface area contributed by atoms with Crippen LogP contribution in [0.4, 0.5) is 5.69 Å². The lowest BCUT2D eigenvalue weighted by Crippen LogP contribution is -2.14. The summed E-state index contributed by atoms with van der Waals surface area (Å²) in [6.07, 6.45) is 4.14. The summed E-state index contributed by atoms with van der Waals surface area (Å²) in [5, 5.41) is 8.86. The topological polar surface area (TPSA) is 83.5 Å². The predicted octanol–water partition coefficient (Wildman–Crippen LogP) is 3.06. The molecule has 0 fully saturated rings. The second kappa shape index (κ2) is 6.04. The molecule has 0 heterocycles. The van der Waals surface area contributed by atoms with Crippen LogP contribution in [0.5, 0.6) is 0 Å². The van der Waals surface area contributed by atoms with Crippen molar-refractivity contribution in [3.63, 3.8) is 0 Å². The van der Waals surface area contributed by atoms with Gasteiger partial charge in [-0.2, -0.15) is 0 Å². The molecule has 23 heavy (non-hydrogen) atoms. The lowest BCUT2D eigenvalue weighted by Gasteiger charge is -2.17. The van der Waals surface area contributed by atoms with E-state index in [9.17, 15) is 13.2 Å². The second-order valence-electron chi connectivity index (χ2n) is 5.63. The van der Waals surface area contributed by atoms with E-state index < -0.39 is 16.0 Å². The second-order valence-corrected chi connectivity index (χ2v) is 7.31. The van der Waals surface area contributed by atoms with E-state index in [2.05, 4.69) is 4.72 Å². The molecule has 0 aromatic heterocycles. The summed E-state index contributed by atoms with van der Waals surface area (Å²) in [5.41, 5.74) is 2.77. The number of nitrogens with one attached hydrogen (secondary N) is 1. The molecule has 1 aliphatic carbocycles. The fourth-order valence-electron chi connectivity index (χ4n) is 2.77. The molecule has 1 aliphatic rings. The highest BCUT2D eigenvalue weighted by Crippen LogP contribution is 2.25. The van der Waals surface area contributed by atoms with E-state index >= 15 is 0 Å². The van der Waals surface area contributed by atoms with Crippen molar-refractivity contribution < 1.29 is 18.3 Å². The van der Waals surface area contributed by atoms with Crippen LogP contribution in [0.3, 0.4) is 0 Å². The van der Waals surface area contributed by atoms with Crippen molar-refractivity contribution in [2.75, 3.05) is 4.72 Å². The van der Waals surface area contributed by atoms with Crippen LogP contribution in [0.25, 0.3) is 0 Å². The number of carboxylic acid groups (broad SMARTS) is 1. The maximum absolute atomic E-state index is 12.5. The summed E-state index contributed by atoms with van der Waals surface area (Å²) in [6.45, 7) is 0. The number of aryl methyl sites for hydroxylation is 2. The Morgan fingerprint density at radius 1 is 0.957 bits per heavy atom. The third-order valence-corrected chi connectivity index (χ3v) is 5.39. The number of sulfonamides is 1. The molecule has 0 bridgehead atoms. The number of aromatic carboxylic acids is 1. The quantitative estimate of drug-likeness (QED) is 0.902. The van der Waals surface area contributed by atoms with Gasteiger partial charge in [0.1, 0.15) is 0 Å². The maximum Gasteiger partial charge on any atom is 0.335 e. The van der Waals surface area contributed by atoms with Gasteiger partial charge in [0.25, 0.3) is 10.0 Å². The van der Waals surface area contributed by atoms with Gasteiger partial charge < -0.3 is 5.11 Å². The minimum absolute atomic E-state index is 0.113. The standard InChI is InChI=1S/C17H17NO4S/c19-17(20)13-5-8-15(9-6-13)18-23(21,22)16-10-7-12-3-1-2-4-14(12)11-16/h5-11,18H,1-4H2,(H,19,20). The molecule has 0 radical (unpaired) electrons. The molecular weight excluding hydrogens is 314 g/mol. The van der Waals surface area contributed by atoms with E-state index in [4.69, 9.17) is 5.11 Å². The van der Waals surface area contributed by atoms with Crippen LogP contribution in [0.1, 0.15) is 34.3 Å². The van der Waals surface area contributed by atoms with Gasteiger partial charge in [-0.15, -0.1) is 0 Å². The van der Waals surface area contributed by atoms with Gasteiger partial charge in [0.15, 0.2) is 0 Å². The molecule has 6 heteroatoms. The summed E-state index contributed by atoms with van der Waals surface area (Å²) in [6, 6.07) is 10.9. The van der Waals surface area contributed by atoms with Crippen molar-refractivity contribution in [2.24, 2.45) is 0 Å². The lowest BCUT2D eigenvalue weighted by molar-refractivity contribution is 0.0697. The van der Waals surface area contributed by atoms with Crippen LogP contribution in [0.15, 0.2) is 47.4 Å². The Bertz CT molecular complexity index is 841. The molecule has 0 amide bonds. The van der Waals surface area contributed by atoms with E-state index in [0.717, 1.165) is 31.2 Å². The molecule has 5 nitrogen and oxygen atoms in total. The maximum atomic E-state index is 12.5. The van der Waals surface area contributed by atoms with Crippen molar-refractivity contribution in [3.05, 3.63) is 59.2 Å². The van der Waals surface area contributed by atoms with Gasteiger partial charge in [0.05, 0.1) is 10.5 Å². The third-order valence-electron chi connectivity index (χ3n) is 4.01. The van der Waals surface area contributed by atoms with Gasteiger partial charge in [0.2, 0.25) is 0 Å². The molecule has 0 atom stereocenters. The smallest absolute Gasteiger partial charge is 0.335 e. The number of hydrogen-bond acceptors (Lipinski definition) is 3. The third kappa shape index (κ3) is 3.37. The van der Waals surface area contributed by atoms with Crippen molar-refractivity contribution >= 4 is 21.7 Å². The molecule has 2 N–H and O–H groups in total. The zero-order chi connectivity index (χ0) is 16.4. The van der Waals surface area contributed by atoms with E-state index in [1.165, 1.54) is 29.8 Å². The van der Waals surface area contributed by atoms with E-state index in [-0.39, 0.29) is 10.5 Å². The Labute approximate surface area is 135 Å².